The van der Waals surface area contributed by atoms with Crippen LogP contribution in [-0.4, -0.2) is 18.2 Å². The minimum absolute atomic E-state index is 0.244. The van der Waals surface area contributed by atoms with Crippen molar-refractivity contribution >= 4 is 15.7 Å². The molecule has 0 aliphatic carbocycles. The Kier molecular flexibility index (Phi) is 3.13. The largest absolute Gasteiger partial charge is 0.280 e. The van der Waals surface area contributed by atoms with E-state index in [1.807, 2.05) is 6.07 Å². The number of aromatic nitrogens is 2. The van der Waals surface area contributed by atoms with E-state index in [4.69, 9.17) is 0 Å². The highest BCUT2D eigenvalue weighted by molar-refractivity contribution is 7.92. The van der Waals surface area contributed by atoms with Gasteiger partial charge in [0.1, 0.15) is 4.90 Å². The zero-order valence-electron chi connectivity index (χ0n) is 10.5. The molecule has 2 aromatic rings. The second-order valence-corrected chi connectivity index (χ2v) is 5.71. The second-order valence-electron chi connectivity index (χ2n) is 4.10. The number of nitrogens with zero attached hydrogens (tertiary/aromatic N) is 2. The molecule has 0 atom stereocenters. The monoisotopic (exact) mass is 265 g/mol. The number of benzene rings is 1. The molecule has 1 aromatic heterocycles. The lowest BCUT2D eigenvalue weighted by molar-refractivity contribution is 0.599. The summed E-state index contributed by atoms with van der Waals surface area (Å²) in [5, 5.41) is 4.12. The van der Waals surface area contributed by atoms with Crippen LogP contribution in [0.1, 0.15) is 11.4 Å². The molecule has 18 heavy (non-hydrogen) atoms. The fourth-order valence-electron chi connectivity index (χ4n) is 1.86. The summed E-state index contributed by atoms with van der Waals surface area (Å²) >= 11 is 0. The molecule has 0 aliphatic heterocycles. The van der Waals surface area contributed by atoms with Gasteiger partial charge in [-0.3, -0.25) is 9.40 Å². The zero-order chi connectivity index (χ0) is 13.3. The predicted molar refractivity (Wildman–Crippen MR) is 69.9 cm³/mol. The SMILES string of the molecule is Cc1nn(C)c(C)c1S(=O)(=O)Nc1ccccc1. The molecule has 0 radical (unpaired) electrons. The van der Waals surface area contributed by atoms with Crippen molar-refractivity contribution in [2.45, 2.75) is 18.7 Å². The van der Waals surface area contributed by atoms with Crippen LogP contribution >= 0.6 is 0 Å². The van der Waals surface area contributed by atoms with Crippen molar-refractivity contribution in [1.82, 2.24) is 9.78 Å². The normalized spacial score (nSPS) is 11.5. The van der Waals surface area contributed by atoms with Gasteiger partial charge in [0.2, 0.25) is 0 Å². The van der Waals surface area contributed by atoms with Crippen molar-refractivity contribution in [2.75, 3.05) is 4.72 Å². The summed E-state index contributed by atoms with van der Waals surface area (Å²) in [7, 11) is -1.86. The molecule has 5 nitrogen and oxygen atoms in total. The van der Waals surface area contributed by atoms with Gasteiger partial charge in [0.15, 0.2) is 0 Å². The molecule has 1 heterocycles. The molecule has 0 saturated heterocycles. The van der Waals surface area contributed by atoms with Crippen molar-refractivity contribution in [3.05, 3.63) is 41.7 Å². The molecule has 6 heteroatoms. The van der Waals surface area contributed by atoms with Gasteiger partial charge in [-0.25, -0.2) is 8.42 Å². The third-order valence-electron chi connectivity index (χ3n) is 2.74. The quantitative estimate of drug-likeness (QED) is 0.921. The first-order chi connectivity index (χ1) is 8.42. The van der Waals surface area contributed by atoms with Gasteiger partial charge in [-0.15, -0.1) is 0 Å². The first-order valence-electron chi connectivity index (χ1n) is 5.50. The number of rotatable bonds is 3. The number of anilines is 1. The first kappa shape index (κ1) is 12.6. The minimum Gasteiger partial charge on any atom is -0.280 e. The van der Waals surface area contributed by atoms with E-state index in [1.165, 1.54) is 0 Å². The van der Waals surface area contributed by atoms with Crippen LogP contribution in [0.25, 0.3) is 0 Å². The Morgan fingerprint density at radius 2 is 1.78 bits per heavy atom. The number of hydrogen-bond acceptors (Lipinski definition) is 3. The van der Waals surface area contributed by atoms with Gasteiger partial charge < -0.3 is 0 Å². The summed E-state index contributed by atoms with van der Waals surface area (Å²) < 4.78 is 28.7. The minimum atomic E-state index is -3.59. The van der Waals surface area contributed by atoms with E-state index in [0.29, 0.717) is 17.1 Å². The maximum atomic E-state index is 12.3. The first-order valence-corrected chi connectivity index (χ1v) is 6.98. The van der Waals surface area contributed by atoms with Gasteiger partial charge in [0.05, 0.1) is 11.4 Å². The van der Waals surface area contributed by atoms with E-state index in [2.05, 4.69) is 9.82 Å². The van der Waals surface area contributed by atoms with Crippen molar-refractivity contribution in [2.24, 2.45) is 7.05 Å². The third-order valence-corrected chi connectivity index (χ3v) is 4.37. The van der Waals surface area contributed by atoms with E-state index in [0.717, 1.165) is 0 Å². The highest BCUT2D eigenvalue weighted by atomic mass is 32.2. The van der Waals surface area contributed by atoms with Crippen LogP contribution in [0.3, 0.4) is 0 Å². The molecule has 0 aliphatic rings. The number of hydrogen-bond donors (Lipinski definition) is 1. The Morgan fingerprint density at radius 3 is 2.28 bits per heavy atom. The van der Waals surface area contributed by atoms with Crippen molar-refractivity contribution < 1.29 is 8.42 Å². The van der Waals surface area contributed by atoms with Gasteiger partial charge >= 0.3 is 0 Å². The molecule has 1 aromatic carbocycles. The lowest BCUT2D eigenvalue weighted by atomic mass is 10.3. The fraction of sp³-hybridized carbons (Fsp3) is 0.250. The van der Waals surface area contributed by atoms with E-state index >= 15 is 0 Å². The average Bonchev–Trinajstić information content (AvgIpc) is 2.54. The average molecular weight is 265 g/mol. The zero-order valence-corrected chi connectivity index (χ0v) is 11.3. The standard InChI is InChI=1S/C12H15N3O2S/c1-9-12(10(2)15(3)13-9)18(16,17)14-11-7-5-4-6-8-11/h4-8,14H,1-3H3. The molecule has 0 saturated carbocycles. The van der Waals surface area contributed by atoms with Crippen LogP contribution in [-0.2, 0) is 17.1 Å². The van der Waals surface area contributed by atoms with Crippen LogP contribution in [0.15, 0.2) is 35.2 Å². The summed E-state index contributed by atoms with van der Waals surface area (Å²) in [6.07, 6.45) is 0. The van der Waals surface area contributed by atoms with Gasteiger partial charge in [-0.05, 0) is 26.0 Å². The molecule has 0 amide bonds. The topological polar surface area (TPSA) is 64.0 Å². The second kappa shape index (κ2) is 4.45. The Bertz CT molecular complexity index is 660. The van der Waals surface area contributed by atoms with Crippen molar-refractivity contribution in [1.29, 1.82) is 0 Å². The molecule has 1 N–H and O–H groups in total. The van der Waals surface area contributed by atoms with Gasteiger partial charge in [0.25, 0.3) is 10.0 Å². The lowest BCUT2D eigenvalue weighted by Crippen LogP contribution is -2.14. The molecular formula is C12H15N3O2S. The highest BCUT2D eigenvalue weighted by Gasteiger charge is 2.23. The maximum absolute atomic E-state index is 12.3. The maximum Gasteiger partial charge on any atom is 0.265 e. The summed E-state index contributed by atoms with van der Waals surface area (Å²) in [5.41, 5.74) is 1.66. The van der Waals surface area contributed by atoms with Gasteiger partial charge in [-0.1, -0.05) is 18.2 Å². The summed E-state index contributed by atoms with van der Waals surface area (Å²) in [4.78, 5) is 0.244. The highest BCUT2D eigenvalue weighted by Crippen LogP contribution is 2.21. The van der Waals surface area contributed by atoms with E-state index in [1.54, 1.807) is 49.8 Å². The molecule has 0 fully saturated rings. The number of sulfonamides is 1. The van der Waals surface area contributed by atoms with E-state index in [-0.39, 0.29) is 4.90 Å². The molecule has 2 rings (SSSR count). The van der Waals surface area contributed by atoms with Crippen LogP contribution < -0.4 is 4.72 Å². The van der Waals surface area contributed by atoms with E-state index in [9.17, 15) is 8.42 Å². The fourth-order valence-corrected chi connectivity index (χ4v) is 3.35. The molecule has 0 unspecified atom stereocenters. The lowest BCUT2D eigenvalue weighted by Gasteiger charge is -2.08. The van der Waals surface area contributed by atoms with Crippen LogP contribution in [0.4, 0.5) is 5.69 Å². The van der Waals surface area contributed by atoms with Crippen molar-refractivity contribution in [3.63, 3.8) is 0 Å². The molecule has 0 spiro atoms. The summed E-state index contributed by atoms with van der Waals surface area (Å²) in [6.45, 7) is 3.42. The smallest absolute Gasteiger partial charge is 0.265 e. The number of aryl methyl sites for hydroxylation is 2. The summed E-state index contributed by atoms with van der Waals surface area (Å²) in [6, 6.07) is 8.80. The number of para-hydroxylation sites is 1. The molecule has 96 valence electrons. The van der Waals surface area contributed by atoms with Crippen LogP contribution in [0.5, 0.6) is 0 Å². The predicted octanol–water partition coefficient (Wildman–Crippen LogP) is 1.84. The molecule has 0 bridgehead atoms. The number of nitrogens with one attached hydrogen (secondary N) is 1. The third kappa shape index (κ3) is 2.24. The van der Waals surface area contributed by atoms with Crippen LogP contribution in [0, 0.1) is 13.8 Å². The Balaban J connectivity index is 2.43. The Hall–Kier alpha value is -1.82. The van der Waals surface area contributed by atoms with Crippen LogP contribution in [0.2, 0.25) is 0 Å². The van der Waals surface area contributed by atoms with Crippen molar-refractivity contribution in [3.8, 4) is 0 Å². The van der Waals surface area contributed by atoms with Gasteiger partial charge in [0, 0.05) is 12.7 Å². The summed E-state index contributed by atoms with van der Waals surface area (Å²) in [5.74, 6) is 0. The Morgan fingerprint density at radius 1 is 1.17 bits per heavy atom. The van der Waals surface area contributed by atoms with E-state index < -0.39 is 10.0 Å². The van der Waals surface area contributed by atoms with Gasteiger partial charge in [-0.2, -0.15) is 5.10 Å². The molecular weight excluding hydrogens is 250 g/mol. The Labute approximate surface area is 107 Å².